The zero-order valence-electron chi connectivity index (χ0n) is 21.7. The van der Waals surface area contributed by atoms with E-state index in [1.54, 1.807) is 12.1 Å². The van der Waals surface area contributed by atoms with Crippen molar-refractivity contribution in [3.63, 3.8) is 0 Å². The van der Waals surface area contributed by atoms with Gasteiger partial charge in [-0.05, 0) is 30.9 Å². The van der Waals surface area contributed by atoms with E-state index in [0.29, 0.717) is 37.7 Å². The molecule has 0 aromatic carbocycles. The quantitative estimate of drug-likeness (QED) is 0.375. The third-order valence-corrected chi connectivity index (χ3v) is 8.55. The molecule has 1 saturated carbocycles. The summed E-state index contributed by atoms with van der Waals surface area (Å²) < 4.78 is 34.5. The second kappa shape index (κ2) is 10.8. The number of sulfone groups is 1. The summed E-state index contributed by atoms with van der Waals surface area (Å²) >= 11 is 0. The Hall–Kier alpha value is -3.80. The molecule has 0 atom stereocenters. The Morgan fingerprint density at radius 2 is 1.92 bits per heavy atom. The number of nitrogens with one attached hydrogen (secondary N) is 1. The Labute approximate surface area is 224 Å². The summed E-state index contributed by atoms with van der Waals surface area (Å²) in [5.41, 5.74) is -0.748. The number of fused-ring (bicyclic) bond motifs is 1. The van der Waals surface area contributed by atoms with Crippen molar-refractivity contribution in [1.29, 1.82) is 0 Å². The molecule has 2 fully saturated rings. The van der Waals surface area contributed by atoms with Crippen molar-refractivity contribution in [1.82, 2.24) is 28.6 Å². The Morgan fingerprint density at radius 3 is 2.64 bits per heavy atom. The first-order valence-corrected chi connectivity index (χ1v) is 14.2. The summed E-state index contributed by atoms with van der Waals surface area (Å²) in [5.74, 6) is 6.03. The van der Waals surface area contributed by atoms with Gasteiger partial charge in [-0.2, -0.15) is 4.98 Å². The Kier molecular flexibility index (Phi) is 7.39. The smallest absolute Gasteiger partial charge is 0.333 e. The van der Waals surface area contributed by atoms with Crippen LogP contribution in [0.5, 0.6) is 0 Å². The predicted octanol–water partition coefficient (Wildman–Crippen LogP) is -0.665. The topological polar surface area (TPSA) is 150 Å². The molecule has 0 radical (unpaired) electrons. The van der Waals surface area contributed by atoms with Crippen LogP contribution in [0.15, 0.2) is 33.1 Å². The van der Waals surface area contributed by atoms with Crippen molar-refractivity contribution in [2.75, 3.05) is 43.9 Å². The first kappa shape index (κ1) is 26.8. The van der Waals surface area contributed by atoms with Gasteiger partial charge in [0.25, 0.3) is 5.56 Å². The number of rotatable bonds is 7. The van der Waals surface area contributed by atoms with E-state index in [9.17, 15) is 22.8 Å². The fraction of sp³-hybridized carbons (Fsp3) is 0.480. The fourth-order valence-corrected chi connectivity index (χ4v) is 6.28. The average molecular weight is 556 g/mol. The van der Waals surface area contributed by atoms with Crippen LogP contribution in [0.25, 0.3) is 11.2 Å². The third-order valence-electron chi connectivity index (χ3n) is 6.71. The molecule has 0 unspecified atom stereocenters. The number of aryl methyl sites for hydroxylation is 1. The van der Waals surface area contributed by atoms with E-state index >= 15 is 0 Å². The largest absolute Gasteiger partial charge is 0.379 e. The molecular weight excluding hydrogens is 526 g/mol. The first-order valence-electron chi connectivity index (χ1n) is 12.6. The number of imidazole rings is 1. The number of morpholine rings is 1. The van der Waals surface area contributed by atoms with Gasteiger partial charge in [0, 0.05) is 38.9 Å². The lowest BCUT2D eigenvalue weighted by molar-refractivity contribution is -0.118. The van der Waals surface area contributed by atoms with Crippen LogP contribution in [0.1, 0.15) is 18.4 Å². The van der Waals surface area contributed by atoms with Crippen LogP contribution >= 0.6 is 0 Å². The van der Waals surface area contributed by atoms with Crippen LogP contribution in [0.2, 0.25) is 0 Å². The van der Waals surface area contributed by atoms with Crippen LogP contribution in [-0.2, 0) is 40.0 Å². The molecule has 4 heterocycles. The van der Waals surface area contributed by atoms with Gasteiger partial charge >= 0.3 is 5.69 Å². The number of hydrogen-bond acceptors (Lipinski definition) is 9. The molecule has 3 aromatic heterocycles. The van der Waals surface area contributed by atoms with E-state index < -0.39 is 21.1 Å². The van der Waals surface area contributed by atoms with Crippen molar-refractivity contribution in [2.24, 2.45) is 20.0 Å². The molecule has 14 heteroatoms. The van der Waals surface area contributed by atoms with Crippen LogP contribution in [0.3, 0.4) is 0 Å². The van der Waals surface area contributed by atoms with Crippen molar-refractivity contribution in [3.05, 3.63) is 44.7 Å². The summed E-state index contributed by atoms with van der Waals surface area (Å²) in [4.78, 5) is 48.6. The van der Waals surface area contributed by atoms with Gasteiger partial charge < -0.3 is 14.6 Å². The summed E-state index contributed by atoms with van der Waals surface area (Å²) in [6.07, 6.45) is 3.21. The molecule has 206 valence electrons. The number of anilines is 1. The Bertz CT molecular complexity index is 1720. The zero-order chi connectivity index (χ0) is 27.7. The normalized spacial score (nSPS) is 16.2. The summed E-state index contributed by atoms with van der Waals surface area (Å²) in [6.45, 7) is 2.66. The number of hydrogen-bond donors (Lipinski definition) is 1. The van der Waals surface area contributed by atoms with Gasteiger partial charge in [-0.25, -0.2) is 18.2 Å². The van der Waals surface area contributed by atoms with Crippen LogP contribution in [0, 0.1) is 17.8 Å². The van der Waals surface area contributed by atoms with Crippen LogP contribution < -0.4 is 16.6 Å². The highest BCUT2D eigenvalue weighted by molar-refractivity contribution is 7.91. The minimum absolute atomic E-state index is 0.0162. The average Bonchev–Trinajstić information content (AvgIpc) is 3.63. The maximum atomic E-state index is 12.9. The lowest BCUT2D eigenvalue weighted by atomic mass is 10.2. The molecule has 0 bridgehead atoms. The highest BCUT2D eigenvalue weighted by Crippen LogP contribution is 2.32. The van der Waals surface area contributed by atoms with Crippen LogP contribution in [0.4, 0.5) is 5.82 Å². The maximum absolute atomic E-state index is 12.9. The minimum Gasteiger partial charge on any atom is -0.379 e. The number of carbonyl (C=O) groups is 1. The monoisotopic (exact) mass is 555 g/mol. The van der Waals surface area contributed by atoms with Gasteiger partial charge in [-0.15, -0.1) is 0 Å². The molecule has 13 nitrogen and oxygen atoms in total. The summed E-state index contributed by atoms with van der Waals surface area (Å²) in [6, 6.07) is 3.28. The molecule has 0 spiro atoms. The molecular formula is C25H29N7O6S. The number of amides is 1. The number of pyridine rings is 1. The van der Waals surface area contributed by atoms with Gasteiger partial charge in [0.15, 0.2) is 11.2 Å². The Balaban J connectivity index is 1.38. The van der Waals surface area contributed by atoms with Crippen molar-refractivity contribution in [3.8, 4) is 11.8 Å². The first-order chi connectivity index (χ1) is 18.6. The van der Waals surface area contributed by atoms with E-state index in [1.165, 1.54) is 29.4 Å². The highest BCUT2D eigenvalue weighted by atomic mass is 32.2. The van der Waals surface area contributed by atoms with E-state index in [4.69, 9.17) is 4.74 Å². The van der Waals surface area contributed by atoms with Crippen molar-refractivity contribution >= 4 is 32.7 Å². The predicted molar refractivity (Wildman–Crippen MR) is 142 cm³/mol. The lowest BCUT2D eigenvalue weighted by Gasteiger charge is -2.25. The molecule has 1 aliphatic heterocycles. The third kappa shape index (κ3) is 5.80. The standard InChI is InChI=1S/C25H29N7O6S/c1-29-21-22(28-24(29)39(36,37)16-18-5-6-18)32(25(35)30(2)23(21)34)9-3-4-17-7-8-26-19(14-17)27-20(33)15-31-10-12-38-13-11-31/h7-8,14,18H,5-6,9-13,15-16H2,1-2H3,(H,26,27,33). The molecule has 3 aromatic rings. The molecule has 1 N–H and O–H groups in total. The Morgan fingerprint density at radius 1 is 1.18 bits per heavy atom. The lowest BCUT2D eigenvalue weighted by Crippen LogP contribution is -2.41. The van der Waals surface area contributed by atoms with Gasteiger partial charge in [-0.3, -0.25) is 23.6 Å². The van der Waals surface area contributed by atoms with E-state index in [2.05, 4.69) is 27.1 Å². The number of ether oxygens (including phenoxy) is 1. The summed E-state index contributed by atoms with van der Waals surface area (Å²) in [7, 11) is -0.946. The highest BCUT2D eigenvalue weighted by Gasteiger charge is 2.33. The molecule has 5 rings (SSSR count). The molecule has 39 heavy (non-hydrogen) atoms. The minimum atomic E-state index is -3.73. The molecule has 1 saturated heterocycles. The van der Waals surface area contributed by atoms with E-state index in [1.807, 2.05) is 4.90 Å². The molecule has 1 aliphatic carbocycles. The van der Waals surface area contributed by atoms with E-state index in [0.717, 1.165) is 17.4 Å². The van der Waals surface area contributed by atoms with Gasteiger partial charge in [0.1, 0.15) is 5.82 Å². The number of aromatic nitrogens is 5. The van der Waals surface area contributed by atoms with E-state index in [-0.39, 0.29) is 47.0 Å². The van der Waals surface area contributed by atoms with Gasteiger partial charge in [-0.1, -0.05) is 11.8 Å². The van der Waals surface area contributed by atoms with Crippen molar-refractivity contribution < 1.29 is 17.9 Å². The van der Waals surface area contributed by atoms with Gasteiger partial charge in [0.2, 0.25) is 20.9 Å². The molecule has 1 amide bonds. The SMILES string of the molecule is Cn1c(=O)c2c(nc(S(=O)(=O)CC3CC3)n2C)n(CC#Cc2ccnc(NC(=O)CN3CCOCC3)c2)c1=O. The zero-order valence-corrected chi connectivity index (χ0v) is 22.5. The number of nitrogens with zero attached hydrogens (tertiary/aromatic N) is 6. The maximum Gasteiger partial charge on any atom is 0.333 e. The summed E-state index contributed by atoms with van der Waals surface area (Å²) in [5, 5.41) is 2.53. The molecule has 2 aliphatic rings. The second-order valence-electron chi connectivity index (χ2n) is 9.75. The van der Waals surface area contributed by atoms with Crippen molar-refractivity contribution in [2.45, 2.75) is 24.5 Å². The van der Waals surface area contributed by atoms with Gasteiger partial charge in [0.05, 0.1) is 32.1 Å². The second-order valence-corrected chi connectivity index (χ2v) is 11.7. The fourth-order valence-electron chi connectivity index (χ4n) is 4.44. The van der Waals surface area contributed by atoms with Crippen LogP contribution in [-0.4, -0.2) is 81.5 Å². The number of carbonyl (C=O) groups excluding carboxylic acids is 1.